The minimum Gasteiger partial charge on any atom is -0.497 e. The SMILES string of the molecule is COC(=O)CC1CCC(N(C)NS(=O)(=O)c2ccc(-c3ccc(OC)cc3)cc2)CC1. The summed E-state index contributed by atoms with van der Waals surface area (Å²) in [6.07, 6.45) is 3.85. The zero-order valence-corrected chi connectivity index (χ0v) is 19.0. The lowest BCUT2D eigenvalue weighted by molar-refractivity contribution is -0.142. The number of carbonyl (C=O) groups excluding carboxylic acids is 1. The molecule has 0 saturated heterocycles. The normalized spacial score (nSPS) is 19.2. The Hall–Kier alpha value is -2.42. The van der Waals surface area contributed by atoms with E-state index in [1.165, 1.54) is 7.11 Å². The zero-order valence-electron chi connectivity index (χ0n) is 18.2. The second-order valence-electron chi connectivity index (χ2n) is 7.91. The van der Waals surface area contributed by atoms with Crippen LogP contribution in [0.5, 0.6) is 5.75 Å². The van der Waals surface area contributed by atoms with Gasteiger partial charge in [0, 0.05) is 19.5 Å². The van der Waals surface area contributed by atoms with E-state index in [0.29, 0.717) is 12.3 Å². The average Bonchev–Trinajstić information content (AvgIpc) is 2.79. The van der Waals surface area contributed by atoms with Gasteiger partial charge in [0.1, 0.15) is 5.75 Å². The van der Waals surface area contributed by atoms with Crippen molar-refractivity contribution in [2.45, 2.75) is 43.0 Å². The van der Waals surface area contributed by atoms with Crippen molar-refractivity contribution in [1.29, 1.82) is 0 Å². The molecule has 0 amide bonds. The molecule has 168 valence electrons. The molecule has 0 unspecified atom stereocenters. The van der Waals surface area contributed by atoms with Crippen LogP contribution in [0.2, 0.25) is 0 Å². The monoisotopic (exact) mass is 446 g/mol. The highest BCUT2D eigenvalue weighted by atomic mass is 32.2. The van der Waals surface area contributed by atoms with Gasteiger partial charge in [0.15, 0.2) is 0 Å². The number of hydrogen-bond donors (Lipinski definition) is 1. The third-order valence-corrected chi connectivity index (χ3v) is 7.32. The number of rotatable bonds is 8. The summed E-state index contributed by atoms with van der Waals surface area (Å²) >= 11 is 0. The van der Waals surface area contributed by atoms with Gasteiger partial charge in [0.2, 0.25) is 0 Å². The van der Waals surface area contributed by atoms with E-state index in [4.69, 9.17) is 9.47 Å². The van der Waals surface area contributed by atoms with Gasteiger partial charge in [-0.25, -0.2) is 13.4 Å². The highest BCUT2D eigenvalue weighted by Gasteiger charge is 2.28. The number of methoxy groups -OCH3 is 2. The van der Waals surface area contributed by atoms with Gasteiger partial charge < -0.3 is 9.47 Å². The van der Waals surface area contributed by atoms with Crippen LogP contribution in [-0.2, 0) is 19.6 Å². The summed E-state index contributed by atoms with van der Waals surface area (Å²) in [7, 11) is 1.11. The van der Waals surface area contributed by atoms with Crippen molar-refractivity contribution >= 4 is 16.0 Å². The third kappa shape index (κ3) is 6.06. The van der Waals surface area contributed by atoms with Crippen molar-refractivity contribution in [1.82, 2.24) is 9.84 Å². The first-order valence-corrected chi connectivity index (χ1v) is 11.9. The average molecular weight is 447 g/mol. The van der Waals surface area contributed by atoms with E-state index in [-0.39, 0.29) is 16.9 Å². The number of nitrogens with one attached hydrogen (secondary N) is 1. The summed E-state index contributed by atoms with van der Waals surface area (Å²) in [5, 5.41) is 1.68. The van der Waals surface area contributed by atoms with Gasteiger partial charge in [-0.3, -0.25) is 4.79 Å². The maximum absolute atomic E-state index is 12.8. The molecule has 0 bridgehead atoms. The molecule has 8 heteroatoms. The van der Waals surface area contributed by atoms with Gasteiger partial charge in [-0.15, -0.1) is 4.83 Å². The number of esters is 1. The Morgan fingerprint density at radius 1 is 0.968 bits per heavy atom. The molecule has 0 heterocycles. The van der Waals surface area contributed by atoms with E-state index >= 15 is 0 Å². The lowest BCUT2D eigenvalue weighted by atomic mass is 9.84. The molecule has 1 N–H and O–H groups in total. The number of carbonyl (C=O) groups is 1. The number of hydrogen-bond acceptors (Lipinski definition) is 6. The predicted molar refractivity (Wildman–Crippen MR) is 119 cm³/mol. The van der Waals surface area contributed by atoms with Gasteiger partial charge >= 0.3 is 5.97 Å². The molecule has 1 saturated carbocycles. The molecule has 0 aromatic heterocycles. The smallest absolute Gasteiger partial charge is 0.305 e. The molecule has 1 aliphatic carbocycles. The van der Waals surface area contributed by atoms with E-state index in [0.717, 1.165) is 42.6 Å². The molecule has 3 rings (SSSR count). The Morgan fingerprint density at radius 3 is 2.03 bits per heavy atom. The second-order valence-corrected chi connectivity index (χ2v) is 9.57. The van der Waals surface area contributed by atoms with E-state index < -0.39 is 10.0 Å². The molecule has 1 aliphatic rings. The number of benzene rings is 2. The number of nitrogens with zero attached hydrogens (tertiary/aromatic N) is 1. The third-order valence-electron chi connectivity index (χ3n) is 5.90. The Labute approximate surface area is 184 Å². The molecule has 0 atom stereocenters. The lowest BCUT2D eigenvalue weighted by Crippen LogP contribution is -2.47. The Kier molecular flexibility index (Phi) is 7.69. The molecule has 31 heavy (non-hydrogen) atoms. The van der Waals surface area contributed by atoms with Crippen molar-refractivity contribution in [3.63, 3.8) is 0 Å². The van der Waals surface area contributed by atoms with Crippen molar-refractivity contribution in [3.8, 4) is 16.9 Å². The van der Waals surface area contributed by atoms with E-state index in [9.17, 15) is 13.2 Å². The summed E-state index contributed by atoms with van der Waals surface area (Å²) in [6.45, 7) is 0. The van der Waals surface area contributed by atoms with Crippen molar-refractivity contribution in [2.24, 2.45) is 5.92 Å². The minimum absolute atomic E-state index is 0.0993. The van der Waals surface area contributed by atoms with Crippen LogP contribution in [0.4, 0.5) is 0 Å². The van der Waals surface area contributed by atoms with Gasteiger partial charge in [-0.1, -0.05) is 24.3 Å². The van der Waals surface area contributed by atoms with Crippen LogP contribution in [0.15, 0.2) is 53.4 Å². The van der Waals surface area contributed by atoms with E-state index in [2.05, 4.69) is 4.83 Å². The summed E-state index contributed by atoms with van der Waals surface area (Å²) in [5.74, 6) is 0.893. The fourth-order valence-corrected chi connectivity index (χ4v) is 5.11. The first kappa shape index (κ1) is 23.2. The first-order valence-electron chi connectivity index (χ1n) is 10.4. The highest BCUT2D eigenvalue weighted by Crippen LogP contribution is 2.29. The minimum atomic E-state index is -3.67. The van der Waals surface area contributed by atoms with Crippen molar-refractivity contribution in [2.75, 3.05) is 21.3 Å². The van der Waals surface area contributed by atoms with E-state index in [1.54, 1.807) is 43.4 Å². The molecule has 2 aromatic carbocycles. The highest BCUT2D eigenvalue weighted by molar-refractivity contribution is 7.89. The van der Waals surface area contributed by atoms with Crippen LogP contribution in [0.3, 0.4) is 0 Å². The summed E-state index contributed by atoms with van der Waals surface area (Å²) in [4.78, 5) is 14.4. The fraction of sp³-hybridized carbons (Fsp3) is 0.435. The molecule has 0 spiro atoms. The van der Waals surface area contributed by atoms with Crippen molar-refractivity contribution < 1.29 is 22.7 Å². The van der Waals surface area contributed by atoms with Crippen LogP contribution in [0.1, 0.15) is 32.1 Å². The number of hydrazine groups is 1. The molecule has 7 nitrogen and oxygen atoms in total. The van der Waals surface area contributed by atoms with Gasteiger partial charge in [0.25, 0.3) is 10.0 Å². The summed E-state index contributed by atoms with van der Waals surface area (Å²) in [6, 6.07) is 14.5. The summed E-state index contributed by atoms with van der Waals surface area (Å²) < 4.78 is 35.6. The Morgan fingerprint density at radius 2 is 1.52 bits per heavy atom. The van der Waals surface area contributed by atoms with Gasteiger partial charge in [-0.2, -0.15) is 0 Å². The molecular weight excluding hydrogens is 416 g/mol. The maximum atomic E-state index is 12.8. The Bertz CT molecular complexity index is 966. The standard InChI is InChI=1S/C23H30N2O5S/c1-25(20-10-4-17(5-11-20)16-23(26)30-3)24-31(27,28)22-14-8-19(9-15-22)18-6-12-21(29-2)13-7-18/h6-9,12-15,17,20,24H,4-5,10-11,16H2,1-3H3. The van der Waals surface area contributed by atoms with Crippen LogP contribution < -0.4 is 9.57 Å². The summed E-state index contributed by atoms with van der Waals surface area (Å²) in [5.41, 5.74) is 1.91. The molecule has 0 aliphatic heterocycles. The zero-order chi connectivity index (χ0) is 22.4. The predicted octanol–water partition coefficient (Wildman–Crippen LogP) is 3.61. The second kappa shape index (κ2) is 10.3. The number of ether oxygens (including phenoxy) is 2. The molecular formula is C23H30N2O5S. The lowest BCUT2D eigenvalue weighted by Gasteiger charge is -2.34. The van der Waals surface area contributed by atoms with Crippen LogP contribution in [0, 0.1) is 5.92 Å². The van der Waals surface area contributed by atoms with Crippen LogP contribution in [-0.4, -0.2) is 46.7 Å². The van der Waals surface area contributed by atoms with Gasteiger partial charge in [0.05, 0.1) is 19.1 Å². The topological polar surface area (TPSA) is 84.9 Å². The van der Waals surface area contributed by atoms with E-state index in [1.807, 2.05) is 24.3 Å². The quantitative estimate of drug-likeness (QED) is 0.493. The first-order chi connectivity index (χ1) is 14.8. The molecule has 2 aromatic rings. The largest absolute Gasteiger partial charge is 0.497 e. The fourth-order valence-electron chi connectivity index (χ4n) is 3.98. The molecule has 1 fully saturated rings. The van der Waals surface area contributed by atoms with Gasteiger partial charge in [-0.05, 0) is 67.0 Å². The van der Waals surface area contributed by atoms with Crippen molar-refractivity contribution in [3.05, 3.63) is 48.5 Å². The van der Waals surface area contributed by atoms with Crippen LogP contribution >= 0.6 is 0 Å². The molecule has 0 radical (unpaired) electrons. The van der Waals surface area contributed by atoms with Crippen LogP contribution in [0.25, 0.3) is 11.1 Å². The Balaban J connectivity index is 1.59. The maximum Gasteiger partial charge on any atom is 0.305 e. The number of sulfonamides is 1.